The molecular formula is C29H26N8. The molecule has 0 bridgehead atoms. The van der Waals surface area contributed by atoms with E-state index < -0.39 is 0 Å². The predicted octanol–water partition coefficient (Wildman–Crippen LogP) is 6.14. The van der Waals surface area contributed by atoms with Crippen molar-refractivity contribution >= 4 is 22.1 Å². The van der Waals surface area contributed by atoms with Crippen LogP contribution in [0.25, 0.3) is 56.1 Å². The number of fused-ring (bicyclic) bond motifs is 2. The Labute approximate surface area is 213 Å². The van der Waals surface area contributed by atoms with Crippen LogP contribution < -0.4 is 0 Å². The highest BCUT2D eigenvalue weighted by atomic mass is 15.2. The summed E-state index contributed by atoms with van der Waals surface area (Å²) in [5.74, 6) is 1.43. The number of aromatic amines is 2. The van der Waals surface area contributed by atoms with E-state index >= 15 is 0 Å². The molecule has 0 atom stereocenters. The fourth-order valence-electron chi connectivity index (χ4n) is 5.46. The minimum absolute atomic E-state index is 0.662. The first kappa shape index (κ1) is 21.8. The highest BCUT2D eigenvalue weighted by Gasteiger charge is 2.18. The largest absolute Gasteiger partial charge is 0.336 e. The van der Waals surface area contributed by atoms with Crippen LogP contribution >= 0.6 is 0 Å². The van der Waals surface area contributed by atoms with Crippen LogP contribution in [0.4, 0.5) is 0 Å². The lowest BCUT2D eigenvalue weighted by Crippen LogP contribution is -2.09. The molecule has 8 heteroatoms. The fourth-order valence-corrected chi connectivity index (χ4v) is 5.46. The van der Waals surface area contributed by atoms with Gasteiger partial charge in [-0.15, -0.1) is 0 Å². The van der Waals surface area contributed by atoms with Gasteiger partial charge in [-0.25, -0.2) is 9.97 Å². The molecule has 37 heavy (non-hydrogen) atoms. The van der Waals surface area contributed by atoms with E-state index in [0.29, 0.717) is 11.5 Å². The average Bonchev–Trinajstić information content (AvgIpc) is 3.58. The van der Waals surface area contributed by atoms with Crippen LogP contribution in [0.15, 0.2) is 67.4 Å². The van der Waals surface area contributed by atoms with Crippen LogP contribution in [-0.2, 0) is 6.42 Å². The summed E-state index contributed by atoms with van der Waals surface area (Å²) in [4.78, 5) is 26.5. The molecule has 0 amide bonds. The maximum absolute atomic E-state index is 4.88. The lowest BCUT2D eigenvalue weighted by molar-refractivity contribution is 0.356. The second kappa shape index (κ2) is 9.20. The van der Waals surface area contributed by atoms with Gasteiger partial charge in [0.05, 0.1) is 16.6 Å². The zero-order valence-corrected chi connectivity index (χ0v) is 20.4. The molecule has 7 rings (SSSR count). The van der Waals surface area contributed by atoms with Crippen molar-refractivity contribution in [2.45, 2.75) is 38.5 Å². The fraction of sp³-hybridized carbons (Fsp3) is 0.241. The van der Waals surface area contributed by atoms with Gasteiger partial charge in [-0.05, 0) is 48.2 Å². The Morgan fingerprint density at radius 3 is 2.65 bits per heavy atom. The van der Waals surface area contributed by atoms with E-state index in [1.54, 1.807) is 12.4 Å². The van der Waals surface area contributed by atoms with Crippen molar-refractivity contribution in [3.05, 3.63) is 72.9 Å². The Bertz CT molecular complexity index is 1700. The van der Waals surface area contributed by atoms with Crippen LogP contribution in [-0.4, -0.2) is 40.1 Å². The molecule has 0 unspecified atom stereocenters. The van der Waals surface area contributed by atoms with Crippen molar-refractivity contribution in [1.82, 2.24) is 40.1 Å². The minimum atomic E-state index is 0.662. The van der Waals surface area contributed by atoms with E-state index in [1.807, 2.05) is 42.9 Å². The van der Waals surface area contributed by atoms with Gasteiger partial charge >= 0.3 is 0 Å². The molecule has 6 aromatic heterocycles. The van der Waals surface area contributed by atoms with Crippen molar-refractivity contribution in [2.75, 3.05) is 0 Å². The normalized spacial score (nSPS) is 14.5. The molecule has 1 aliphatic carbocycles. The number of rotatable bonds is 5. The average molecular weight is 487 g/mol. The first-order chi connectivity index (χ1) is 18.3. The van der Waals surface area contributed by atoms with Gasteiger partial charge in [0.1, 0.15) is 16.9 Å². The van der Waals surface area contributed by atoms with Gasteiger partial charge in [0.2, 0.25) is 0 Å². The molecule has 2 N–H and O–H groups in total. The Morgan fingerprint density at radius 1 is 0.838 bits per heavy atom. The molecule has 8 nitrogen and oxygen atoms in total. The molecule has 1 aliphatic rings. The smallest absolute Gasteiger partial charge is 0.159 e. The first-order valence-electron chi connectivity index (χ1n) is 12.9. The molecule has 0 aromatic carbocycles. The Hall–Kier alpha value is -4.46. The van der Waals surface area contributed by atoms with E-state index in [0.717, 1.165) is 57.0 Å². The van der Waals surface area contributed by atoms with Gasteiger partial charge in [-0.2, -0.15) is 5.10 Å². The van der Waals surface area contributed by atoms with Crippen molar-refractivity contribution < 1.29 is 0 Å². The van der Waals surface area contributed by atoms with E-state index in [1.165, 1.54) is 37.7 Å². The summed E-state index contributed by atoms with van der Waals surface area (Å²) in [6.07, 6.45) is 17.2. The van der Waals surface area contributed by atoms with Crippen LogP contribution in [0.2, 0.25) is 0 Å². The Kier molecular flexibility index (Phi) is 5.42. The number of H-pyrrole nitrogens is 2. The third-order valence-electron chi connectivity index (χ3n) is 7.33. The minimum Gasteiger partial charge on any atom is -0.336 e. The number of nitrogens with one attached hydrogen (secondary N) is 2. The van der Waals surface area contributed by atoms with Crippen molar-refractivity contribution in [1.29, 1.82) is 0 Å². The van der Waals surface area contributed by atoms with Gasteiger partial charge in [0.25, 0.3) is 0 Å². The summed E-state index contributed by atoms with van der Waals surface area (Å²) in [6, 6.07) is 12.1. The van der Waals surface area contributed by atoms with Crippen LogP contribution in [0.3, 0.4) is 0 Å². The maximum Gasteiger partial charge on any atom is 0.159 e. The van der Waals surface area contributed by atoms with Gasteiger partial charge < -0.3 is 4.98 Å². The molecule has 6 aromatic rings. The third-order valence-corrected chi connectivity index (χ3v) is 7.33. The van der Waals surface area contributed by atoms with E-state index in [4.69, 9.17) is 4.98 Å². The summed E-state index contributed by atoms with van der Waals surface area (Å²) >= 11 is 0. The highest BCUT2D eigenvalue weighted by molar-refractivity contribution is 5.95. The zero-order valence-electron chi connectivity index (χ0n) is 20.4. The molecule has 6 heterocycles. The van der Waals surface area contributed by atoms with Gasteiger partial charge in [0, 0.05) is 42.1 Å². The monoisotopic (exact) mass is 486 g/mol. The van der Waals surface area contributed by atoms with Crippen molar-refractivity contribution in [3.8, 4) is 34.0 Å². The van der Waals surface area contributed by atoms with Crippen molar-refractivity contribution in [3.63, 3.8) is 0 Å². The van der Waals surface area contributed by atoms with Gasteiger partial charge in [-0.1, -0.05) is 38.2 Å². The lowest BCUT2D eigenvalue weighted by Gasteiger charge is -2.21. The molecule has 1 fully saturated rings. The van der Waals surface area contributed by atoms with Crippen LogP contribution in [0, 0.1) is 5.92 Å². The summed E-state index contributed by atoms with van der Waals surface area (Å²) in [7, 11) is 0. The number of hydrogen-bond acceptors (Lipinski definition) is 6. The standard InChI is InChI=1S/C29H26N8/c1-2-6-18(7-3-1)12-19-13-20(16-30-15-19)21-14-22-25(36-37-28(22)33-17-21)29-34-24-9-11-32-26(27(24)35-29)23-8-4-5-10-31-23/h4-5,8-11,13-18H,1-3,6-7,12H2,(H,34,35)(H,33,36,37). The molecule has 0 spiro atoms. The Morgan fingerprint density at radius 2 is 1.76 bits per heavy atom. The van der Waals surface area contributed by atoms with Crippen LogP contribution in [0.5, 0.6) is 0 Å². The molecule has 0 radical (unpaired) electrons. The molecule has 0 saturated heterocycles. The van der Waals surface area contributed by atoms with Crippen LogP contribution in [0.1, 0.15) is 37.7 Å². The second-order valence-corrected chi connectivity index (χ2v) is 9.84. The summed E-state index contributed by atoms with van der Waals surface area (Å²) in [6.45, 7) is 0. The topological polar surface area (TPSA) is 109 Å². The molecule has 182 valence electrons. The molecule has 1 saturated carbocycles. The Balaban J connectivity index is 1.26. The summed E-state index contributed by atoms with van der Waals surface area (Å²) < 4.78 is 0. The number of hydrogen-bond donors (Lipinski definition) is 2. The van der Waals surface area contributed by atoms with E-state index in [9.17, 15) is 0 Å². The van der Waals surface area contributed by atoms with Gasteiger partial charge in [0.15, 0.2) is 11.5 Å². The predicted molar refractivity (Wildman–Crippen MR) is 144 cm³/mol. The van der Waals surface area contributed by atoms with E-state index in [2.05, 4.69) is 47.2 Å². The highest BCUT2D eigenvalue weighted by Crippen LogP contribution is 2.32. The molecular weight excluding hydrogens is 460 g/mol. The molecule has 0 aliphatic heterocycles. The number of imidazole rings is 1. The van der Waals surface area contributed by atoms with Gasteiger partial charge in [-0.3, -0.25) is 20.1 Å². The maximum atomic E-state index is 4.88. The number of pyridine rings is 4. The zero-order chi connectivity index (χ0) is 24.6. The summed E-state index contributed by atoms with van der Waals surface area (Å²) in [5, 5.41) is 8.52. The van der Waals surface area contributed by atoms with E-state index in [-0.39, 0.29) is 0 Å². The number of aromatic nitrogens is 8. The quantitative estimate of drug-likeness (QED) is 0.303. The van der Waals surface area contributed by atoms with Crippen molar-refractivity contribution in [2.24, 2.45) is 5.92 Å². The second-order valence-electron chi connectivity index (χ2n) is 9.84. The lowest BCUT2D eigenvalue weighted by atomic mass is 9.85. The number of nitrogens with zero attached hydrogens (tertiary/aromatic N) is 6. The SMILES string of the molecule is c1ccc(-c2nccc3[nH]c(-c4n[nH]c5ncc(-c6cncc(CC7CCCCC7)c6)cc45)nc23)nc1. The first-order valence-corrected chi connectivity index (χ1v) is 12.9. The third kappa shape index (κ3) is 4.14. The summed E-state index contributed by atoms with van der Waals surface area (Å²) in [5.41, 5.74) is 7.97.